The first-order valence-corrected chi connectivity index (χ1v) is 3.86. The van der Waals surface area contributed by atoms with Crippen molar-refractivity contribution in [2.24, 2.45) is 0 Å². The molecule has 0 rings (SSSR count). The number of hydrogen-bond donors (Lipinski definition) is 2. The van der Waals surface area contributed by atoms with E-state index in [1.165, 1.54) is 11.0 Å². The van der Waals surface area contributed by atoms with Gasteiger partial charge < -0.3 is 15.1 Å². The number of carbonyl (C=O) groups is 1. The van der Waals surface area contributed by atoms with E-state index in [1.54, 1.807) is 0 Å². The van der Waals surface area contributed by atoms with E-state index in [0.29, 0.717) is 0 Å². The molecule has 0 saturated heterocycles. The lowest BCUT2D eigenvalue weighted by atomic mass is 10.3. The van der Waals surface area contributed by atoms with Crippen molar-refractivity contribution in [2.45, 2.75) is 6.42 Å². The summed E-state index contributed by atoms with van der Waals surface area (Å²) in [4.78, 5) is 12.6. The van der Waals surface area contributed by atoms with Gasteiger partial charge in [-0.05, 0) is 0 Å². The summed E-state index contributed by atoms with van der Waals surface area (Å²) in [6.07, 6.45) is 1.75. The number of amides is 1. The molecule has 0 aromatic rings. The van der Waals surface area contributed by atoms with Gasteiger partial charge in [0.25, 0.3) is 0 Å². The summed E-state index contributed by atoms with van der Waals surface area (Å²) in [6.45, 7) is 3.81. The van der Waals surface area contributed by atoms with Crippen LogP contribution < -0.4 is 0 Å². The van der Waals surface area contributed by atoms with Gasteiger partial charge in [0.2, 0.25) is 5.91 Å². The third-order valence-corrected chi connectivity index (χ3v) is 1.41. The first-order chi connectivity index (χ1) is 5.76. The van der Waals surface area contributed by atoms with Crippen LogP contribution in [0.15, 0.2) is 12.7 Å². The zero-order valence-electron chi connectivity index (χ0n) is 7.07. The van der Waals surface area contributed by atoms with Gasteiger partial charge in [0, 0.05) is 19.5 Å². The summed E-state index contributed by atoms with van der Waals surface area (Å²) in [7, 11) is 0. The van der Waals surface area contributed by atoms with Gasteiger partial charge in [0.15, 0.2) is 0 Å². The molecule has 0 saturated carbocycles. The van der Waals surface area contributed by atoms with Crippen LogP contribution in [0.3, 0.4) is 0 Å². The maximum Gasteiger partial charge on any atom is 0.226 e. The van der Waals surface area contributed by atoms with Crippen LogP contribution in [0.5, 0.6) is 0 Å². The second kappa shape index (κ2) is 6.82. The van der Waals surface area contributed by atoms with E-state index in [-0.39, 0.29) is 38.6 Å². The quantitative estimate of drug-likeness (QED) is 0.526. The number of aliphatic hydroxyl groups is 2. The highest BCUT2D eigenvalue weighted by atomic mass is 16.3. The Bertz CT molecular complexity index is 141. The Hall–Kier alpha value is -0.870. The van der Waals surface area contributed by atoms with Crippen molar-refractivity contribution in [1.82, 2.24) is 4.90 Å². The van der Waals surface area contributed by atoms with E-state index in [9.17, 15) is 4.79 Å². The highest BCUT2D eigenvalue weighted by molar-refractivity contribution is 5.77. The predicted octanol–water partition coefficient (Wildman–Crippen LogP) is -0.624. The van der Waals surface area contributed by atoms with Crippen molar-refractivity contribution in [3.63, 3.8) is 0 Å². The Morgan fingerprint density at radius 3 is 2.17 bits per heavy atom. The molecular formula is C8H15NO3. The molecule has 70 valence electrons. The van der Waals surface area contributed by atoms with E-state index < -0.39 is 0 Å². The Morgan fingerprint density at radius 1 is 1.33 bits per heavy atom. The molecule has 0 aliphatic heterocycles. The molecule has 4 nitrogen and oxygen atoms in total. The molecule has 0 unspecified atom stereocenters. The summed E-state index contributed by atoms with van der Waals surface area (Å²) in [5, 5.41) is 17.2. The van der Waals surface area contributed by atoms with E-state index in [0.717, 1.165) is 0 Å². The van der Waals surface area contributed by atoms with E-state index in [1.807, 2.05) is 0 Å². The monoisotopic (exact) mass is 173 g/mol. The zero-order chi connectivity index (χ0) is 9.40. The number of carbonyl (C=O) groups excluding carboxylic acids is 1. The first-order valence-electron chi connectivity index (χ1n) is 3.86. The fraction of sp³-hybridized carbons (Fsp3) is 0.625. The van der Waals surface area contributed by atoms with Gasteiger partial charge in [0.05, 0.1) is 13.2 Å². The second-order valence-corrected chi connectivity index (χ2v) is 2.32. The van der Waals surface area contributed by atoms with Crippen LogP contribution in [0.4, 0.5) is 0 Å². The van der Waals surface area contributed by atoms with Gasteiger partial charge in [-0.3, -0.25) is 4.79 Å². The summed E-state index contributed by atoms with van der Waals surface area (Å²) < 4.78 is 0. The minimum absolute atomic E-state index is 0.0805. The molecule has 0 aliphatic carbocycles. The molecule has 0 bridgehead atoms. The second-order valence-electron chi connectivity index (χ2n) is 2.32. The Morgan fingerprint density at radius 2 is 1.83 bits per heavy atom. The molecule has 0 heterocycles. The van der Waals surface area contributed by atoms with Gasteiger partial charge in [-0.25, -0.2) is 0 Å². The van der Waals surface area contributed by atoms with Gasteiger partial charge in [0.1, 0.15) is 0 Å². The predicted molar refractivity (Wildman–Crippen MR) is 45.6 cm³/mol. The fourth-order valence-electron chi connectivity index (χ4n) is 0.855. The smallest absolute Gasteiger partial charge is 0.226 e. The molecule has 12 heavy (non-hydrogen) atoms. The topological polar surface area (TPSA) is 60.8 Å². The van der Waals surface area contributed by atoms with Gasteiger partial charge in [-0.1, -0.05) is 6.08 Å². The minimum atomic E-state index is -0.117. The normalized spacial score (nSPS) is 9.50. The highest BCUT2D eigenvalue weighted by Gasteiger charge is 2.09. The molecule has 0 fully saturated rings. The average Bonchev–Trinajstić information content (AvgIpc) is 2.04. The molecule has 0 aromatic carbocycles. The standard InChI is InChI=1S/C8H15NO3/c1-2-3-8(12)9(4-6-10)5-7-11/h2,10-11H,1,3-7H2. The lowest BCUT2D eigenvalue weighted by molar-refractivity contribution is -0.131. The summed E-state index contributed by atoms with van der Waals surface area (Å²) >= 11 is 0. The van der Waals surface area contributed by atoms with E-state index >= 15 is 0 Å². The molecule has 0 radical (unpaired) electrons. The van der Waals surface area contributed by atoms with Crippen LogP contribution >= 0.6 is 0 Å². The number of aliphatic hydroxyl groups excluding tert-OH is 2. The minimum Gasteiger partial charge on any atom is -0.395 e. The zero-order valence-corrected chi connectivity index (χ0v) is 7.07. The average molecular weight is 173 g/mol. The third kappa shape index (κ3) is 4.10. The largest absolute Gasteiger partial charge is 0.395 e. The van der Waals surface area contributed by atoms with Crippen LogP contribution in [0.25, 0.3) is 0 Å². The van der Waals surface area contributed by atoms with Gasteiger partial charge in [-0.15, -0.1) is 6.58 Å². The maximum atomic E-state index is 11.2. The van der Waals surface area contributed by atoms with E-state index in [2.05, 4.69) is 6.58 Å². The van der Waals surface area contributed by atoms with Gasteiger partial charge >= 0.3 is 0 Å². The number of rotatable bonds is 6. The van der Waals surface area contributed by atoms with Crippen molar-refractivity contribution in [2.75, 3.05) is 26.3 Å². The van der Waals surface area contributed by atoms with Crippen molar-refractivity contribution in [3.8, 4) is 0 Å². The Balaban J connectivity index is 3.89. The highest BCUT2D eigenvalue weighted by Crippen LogP contribution is 1.93. The molecule has 0 atom stereocenters. The van der Waals surface area contributed by atoms with Crippen LogP contribution in [0.1, 0.15) is 6.42 Å². The Labute approximate surface area is 72.1 Å². The number of hydrogen-bond acceptors (Lipinski definition) is 3. The fourth-order valence-corrected chi connectivity index (χ4v) is 0.855. The molecule has 0 aromatic heterocycles. The first kappa shape index (κ1) is 11.1. The van der Waals surface area contributed by atoms with Crippen molar-refractivity contribution >= 4 is 5.91 Å². The molecule has 0 aliphatic rings. The lowest BCUT2D eigenvalue weighted by Gasteiger charge is -2.19. The van der Waals surface area contributed by atoms with Crippen LogP contribution in [0, 0.1) is 0 Å². The molecular weight excluding hydrogens is 158 g/mol. The molecule has 4 heteroatoms. The van der Waals surface area contributed by atoms with Crippen molar-refractivity contribution in [1.29, 1.82) is 0 Å². The lowest BCUT2D eigenvalue weighted by Crippen LogP contribution is -2.35. The van der Waals surface area contributed by atoms with Crippen LogP contribution in [-0.4, -0.2) is 47.3 Å². The summed E-state index contributed by atoms with van der Waals surface area (Å²) in [6, 6.07) is 0. The van der Waals surface area contributed by atoms with Crippen molar-refractivity contribution < 1.29 is 15.0 Å². The Kier molecular flexibility index (Phi) is 6.32. The van der Waals surface area contributed by atoms with Crippen LogP contribution in [-0.2, 0) is 4.79 Å². The maximum absolute atomic E-state index is 11.2. The summed E-state index contributed by atoms with van der Waals surface area (Å²) in [5.74, 6) is -0.117. The summed E-state index contributed by atoms with van der Waals surface area (Å²) in [5.41, 5.74) is 0. The molecule has 2 N–H and O–H groups in total. The number of nitrogens with zero attached hydrogens (tertiary/aromatic N) is 1. The van der Waals surface area contributed by atoms with Gasteiger partial charge in [-0.2, -0.15) is 0 Å². The SMILES string of the molecule is C=CCC(=O)N(CCO)CCO. The molecule has 1 amide bonds. The van der Waals surface area contributed by atoms with E-state index in [4.69, 9.17) is 10.2 Å². The van der Waals surface area contributed by atoms with Crippen LogP contribution in [0.2, 0.25) is 0 Å². The van der Waals surface area contributed by atoms with Crippen molar-refractivity contribution in [3.05, 3.63) is 12.7 Å². The third-order valence-electron chi connectivity index (χ3n) is 1.41. The molecule has 0 spiro atoms.